The molecule has 1 aromatic carbocycles. The van der Waals surface area contributed by atoms with Crippen LogP contribution in [0, 0.1) is 13.8 Å². The van der Waals surface area contributed by atoms with Crippen molar-refractivity contribution in [2.75, 3.05) is 0 Å². The zero-order valence-corrected chi connectivity index (χ0v) is 13.0. The minimum absolute atomic E-state index is 0.371. The lowest BCUT2D eigenvalue weighted by molar-refractivity contribution is 0.831. The topological polar surface area (TPSA) is 77.1 Å². The van der Waals surface area contributed by atoms with Gasteiger partial charge < -0.3 is 0 Å². The summed E-state index contributed by atoms with van der Waals surface area (Å²) in [5, 5.41) is 0. The molecular weight excluding hydrogens is 294 g/mol. The van der Waals surface area contributed by atoms with Crippen LogP contribution in [0.3, 0.4) is 0 Å². The molecule has 4 rings (SSSR count). The number of nitrogens with one attached hydrogen (secondary N) is 1. The van der Waals surface area contributed by atoms with Crippen LogP contribution >= 0.6 is 0 Å². The van der Waals surface area contributed by atoms with Crippen LogP contribution in [0.4, 0.5) is 0 Å². The third-order valence-electron chi connectivity index (χ3n) is 4.06. The lowest BCUT2D eigenvalue weighted by Crippen LogP contribution is -2.28. The van der Waals surface area contributed by atoms with Gasteiger partial charge >= 0.3 is 5.69 Å². The summed E-state index contributed by atoms with van der Waals surface area (Å²) in [6.07, 6.45) is 1.85. The maximum Gasteiger partial charge on any atom is 0.329 e. The van der Waals surface area contributed by atoms with Gasteiger partial charge in [-0.2, -0.15) is 4.98 Å². The quantitative estimate of drug-likeness (QED) is 0.575. The highest BCUT2D eigenvalue weighted by Gasteiger charge is 2.18. The fraction of sp³-hybridized carbons (Fsp3) is 0.188. The van der Waals surface area contributed by atoms with E-state index in [1.165, 1.54) is 4.57 Å². The first-order valence-corrected chi connectivity index (χ1v) is 7.24. The monoisotopic (exact) mass is 309 g/mol. The molecule has 7 heteroatoms. The number of aryl methyl sites for hydroxylation is 3. The Hall–Kier alpha value is -3.09. The molecule has 0 radical (unpaired) electrons. The molecule has 7 nitrogen and oxygen atoms in total. The van der Waals surface area contributed by atoms with E-state index in [2.05, 4.69) is 16.0 Å². The first-order valence-electron chi connectivity index (χ1n) is 7.24. The number of fused-ring (bicyclic) bond motifs is 3. The molecule has 116 valence electrons. The first kappa shape index (κ1) is 13.6. The number of H-pyrrole nitrogens is 1. The van der Waals surface area contributed by atoms with E-state index in [4.69, 9.17) is 0 Å². The number of nitrogens with zero attached hydrogens (tertiary/aromatic N) is 4. The summed E-state index contributed by atoms with van der Waals surface area (Å²) < 4.78 is 5.04. The standard InChI is InChI=1S/C16H15N5O2/c1-9-5-4-6-11(7-9)21-10(2)8-20-12-13(17-15(20)21)19(3)16(23)18-14(12)22/h4-8H,1-3H3,(H,18,22,23). The van der Waals surface area contributed by atoms with Crippen molar-refractivity contribution >= 4 is 16.9 Å². The summed E-state index contributed by atoms with van der Waals surface area (Å²) in [5.41, 5.74) is 2.89. The Morgan fingerprint density at radius 3 is 2.70 bits per heavy atom. The number of aromatic nitrogens is 5. The van der Waals surface area contributed by atoms with Crippen LogP contribution in [0.5, 0.6) is 0 Å². The number of rotatable bonds is 1. The molecule has 4 aromatic rings. The van der Waals surface area contributed by atoms with Gasteiger partial charge in [-0.15, -0.1) is 0 Å². The molecule has 0 saturated carbocycles. The smallest absolute Gasteiger partial charge is 0.283 e. The van der Waals surface area contributed by atoms with E-state index in [0.717, 1.165) is 16.9 Å². The molecule has 23 heavy (non-hydrogen) atoms. The predicted molar refractivity (Wildman–Crippen MR) is 87.4 cm³/mol. The van der Waals surface area contributed by atoms with E-state index in [9.17, 15) is 9.59 Å². The predicted octanol–water partition coefficient (Wildman–Crippen LogP) is 1.28. The van der Waals surface area contributed by atoms with Gasteiger partial charge in [-0.05, 0) is 31.5 Å². The van der Waals surface area contributed by atoms with E-state index >= 15 is 0 Å². The maximum absolute atomic E-state index is 12.2. The number of hydrogen-bond donors (Lipinski definition) is 1. The van der Waals surface area contributed by atoms with Gasteiger partial charge in [-0.25, -0.2) is 4.79 Å². The summed E-state index contributed by atoms with van der Waals surface area (Å²) in [5.74, 6) is 0.606. The lowest BCUT2D eigenvalue weighted by atomic mass is 10.2. The second kappa shape index (κ2) is 4.45. The zero-order chi connectivity index (χ0) is 16.3. The van der Waals surface area contributed by atoms with Crippen molar-refractivity contribution in [2.24, 2.45) is 7.05 Å². The number of imidazole rings is 2. The summed E-state index contributed by atoms with van der Waals surface area (Å²) >= 11 is 0. The van der Waals surface area contributed by atoms with Crippen LogP contribution in [0.15, 0.2) is 40.1 Å². The molecule has 3 aromatic heterocycles. The highest BCUT2D eigenvalue weighted by atomic mass is 16.2. The van der Waals surface area contributed by atoms with Crippen molar-refractivity contribution in [3.8, 4) is 5.69 Å². The number of benzene rings is 1. The van der Waals surface area contributed by atoms with Crippen molar-refractivity contribution in [3.63, 3.8) is 0 Å². The molecule has 0 fully saturated rings. The molecule has 0 unspecified atom stereocenters. The van der Waals surface area contributed by atoms with Crippen molar-refractivity contribution in [3.05, 3.63) is 62.6 Å². The van der Waals surface area contributed by atoms with E-state index < -0.39 is 11.2 Å². The van der Waals surface area contributed by atoms with Crippen molar-refractivity contribution in [1.82, 2.24) is 23.5 Å². The van der Waals surface area contributed by atoms with Gasteiger partial charge in [0.25, 0.3) is 5.56 Å². The van der Waals surface area contributed by atoms with E-state index in [1.54, 1.807) is 11.4 Å². The van der Waals surface area contributed by atoms with Crippen LogP contribution in [-0.4, -0.2) is 23.5 Å². The second-order valence-corrected chi connectivity index (χ2v) is 5.72. The van der Waals surface area contributed by atoms with Crippen molar-refractivity contribution < 1.29 is 0 Å². The van der Waals surface area contributed by atoms with Gasteiger partial charge in [0.2, 0.25) is 5.78 Å². The van der Waals surface area contributed by atoms with Gasteiger partial charge in [0.05, 0.1) is 0 Å². The molecule has 0 aliphatic carbocycles. The highest BCUT2D eigenvalue weighted by molar-refractivity contribution is 5.76. The largest absolute Gasteiger partial charge is 0.329 e. The Morgan fingerprint density at radius 2 is 1.96 bits per heavy atom. The second-order valence-electron chi connectivity index (χ2n) is 5.72. The summed E-state index contributed by atoms with van der Waals surface area (Å²) in [4.78, 5) is 30.8. The lowest BCUT2D eigenvalue weighted by Gasteiger charge is -2.06. The Kier molecular flexibility index (Phi) is 2.63. The van der Waals surface area contributed by atoms with E-state index in [-0.39, 0.29) is 0 Å². The minimum Gasteiger partial charge on any atom is -0.283 e. The van der Waals surface area contributed by atoms with Crippen LogP contribution in [-0.2, 0) is 7.05 Å². The molecule has 0 aliphatic heterocycles. The summed E-state index contributed by atoms with van der Waals surface area (Å²) in [6.45, 7) is 3.98. The average molecular weight is 309 g/mol. The van der Waals surface area contributed by atoms with Gasteiger partial charge in [0, 0.05) is 24.6 Å². The Labute approximate surface area is 130 Å². The third kappa shape index (κ3) is 1.79. The Morgan fingerprint density at radius 1 is 1.17 bits per heavy atom. The van der Waals surface area contributed by atoms with Crippen LogP contribution in [0.1, 0.15) is 11.3 Å². The fourth-order valence-electron chi connectivity index (χ4n) is 2.96. The van der Waals surface area contributed by atoms with Gasteiger partial charge in [-0.1, -0.05) is 12.1 Å². The third-order valence-corrected chi connectivity index (χ3v) is 4.06. The zero-order valence-electron chi connectivity index (χ0n) is 13.0. The normalized spacial score (nSPS) is 11.6. The van der Waals surface area contributed by atoms with Gasteiger partial charge in [0.1, 0.15) is 0 Å². The SMILES string of the molecule is Cc1cccc(-n2c(C)cn3c4c(=O)[nH]c(=O)n(C)c4nc23)c1. The molecule has 3 heterocycles. The molecular formula is C16H15N5O2. The molecule has 0 aliphatic rings. The molecule has 0 atom stereocenters. The Bertz CT molecular complexity index is 1190. The number of hydrogen-bond acceptors (Lipinski definition) is 3. The number of aromatic amines is 1. The Balaban J connectivity index is 2.19. The van der Waals surface area contributed by atoms with Crippen LogP contribution in [0.2, 0.25) is 0 Å². The summed E-state index contributed by atoms with van der Waals surface area (Å²) in [7, 11) is 1.59. The molecule has 0 amide bonds. The van der Waals surface area contributed by atoms with Gasteiger partial charge in [-0.3, -0.25) is 23.3 Å². The van der Waals surface area contributed by atoms with Crippen molar-refractivity contribution in [2.45, 2.75) is 13.8 Å². The molecule has 1 N–H and O–H groups in total. The molecule has 0 bridgehead atoms. The van der Waals surface area contributed by atoms with Crippen LogP contribution in [0.25, 0.3) is 22.6 Å². The van der Waals surface area contributed by atoms with E-state index in [1.807, 2.05) is 42.8 Å². The fourth-order valence-corrected chi connectivity index (χ4v) is 2.96. The van der Waals surface area contributed by atoms with Crippen LogP contribution < -0.4 is 11.2 Å². The molecule has 0 saturated heterocycles. The summed E-state index contributed by atoms with van der Waals surface area (Å²) in [6, 6.07) is 8.04. The minimum atomic E-state index is -0.470. The average Bonchev–Trinajstić information content (AvgIpc) is 2.99. The first-order chi connectivity index (χ1) is 11.0. The van der Waals surface area contributed by atoms with Crippen molar-refractivity contribution in [1.29, 1.82) is 0 Å². The molecule has 0 spiro atoms. The van der Waals surface area contributed by atoms with Gasteiger partial charge in [0.15, 0.2) is 11.2 Å². The highest BCUT2D eigenvalue weighted by Crippen LogP contribution is 2.21. The van der Waals surface area contributed by atoms with E-state index in [0.29, 0.717) is 16.9 Å². The maximum atomic E-state index is 12.2.